The summed E-state index contributed by atoms with van der Waals surface area (Å²) in [5.41, 5.74) is 10.1. The smallest absolute Gasteiger partial charge is 0.320 e. The molecular formula is C6H13N4O2. The molecule has 0 saturated heterocycles. The van der Waals surface area contributed by atoms with Crippen molar-refractivity contribution in [3.8, 4) is 0 Å². The van der Waals surface area contributed by atoms with Crippen molar-refractivity contribution >= 4 is 11.9 Å². The standard InChI is InChI=1S/C6H13N4O2/c7-4(5(11)12)2-1-3-10-6(8)9/h4,10H,1-3,7-8H2,(H,11,12). The van der Waals surface area contributed by atoms with Gasteiger partial charge in [-0.15, -0.1) is 5.41 Å². The number of nitrogens with one attached hydrogen (secondary N) is 1. The van der Waals surface area contributed by atoms with E-state index in [1.807, 2.05) is 0 Å². The largest absolute Gasteiger partial charge is 0.480 e. The molecule has 0 aliphatic rings. The second kappa shape index (κ2) is 5.36. The van der Waals surface area contributed by atoms with Crippen LogP contribution < -0.4 is 22.2 Å². The lowest BCUT2D eigenvalue weighted by Crippen LogP contribution is -2.35. The summed E-state index contributed by atoms with van der Waals surface area (Å²) in [4.78, 5) is 10.2. The topological polar surface area (TPSA) is 124 Å². The molecule has 1 atom stereocenters. The number of hydrogen-bond acceptors (Lipinski definition) is 2. The van der Waals surface area contributed by atoms with E-state index in [1.165, 1.54) is 0 Å². The van der Waals surface area contributed by atoms with Crippen LogP contribution in [0.3, 0.4) is 0 Å². The lowest BCUT2D eigenvalue weighted by atomic mass is 10.2. The van der Waals surface area contributed by atoms with Crippen LogP contribution in [0.25, 0.3) is 0 Å². The van der Waals surface area contributed by atoms with E-state index in [0.29, 0.717) is 19.4 Å². The predicted molar refractivity (Wildman–Crippen MR) is 44.2 cm³/mol. The zero-order valence-electron chi connectivity index (χ0n) is 6.66. The second-order valence-corrected chi connectivity index (χ2v) is 2.40. The quantitative estimate of drug-likeness (QED) is 0.215. The van der Waals surface area contributed by atoms with Gasteiger partial charge in [-0.3, -0.25) is 4.79 Å². The number of nitrogens with zero attached hydrogens (tertiary/aromatic N) is 1. The first-order valence-electron chi connectivity index (χ1n) is 3.57. The number of nitrogens with two attached hydrogens (primary N) is 2. The van der Waals surface area contributed by atoms with Gasteiger partial charge in [-0.25, -0.2) is 0 Å². The van der Waals surface area contributed by atoms with E-state index >= 15 is 0 Å². The Balaban J connectivity index is 3.31. The van der Waals surface area contributed by atoms with E-state index in [9.17, 15) is 4.79 Å². The maximum absolute atomic E-state index is 10.2. The number of carboxylic acids is 1. The number of carboxylic acid groups (broad SMARTS) is 1. The van der Waals surface area contributed by atoms with Gasteiger partial charge in [0.05, 0.1) is 0 Å². The Bertz CT molecular complexity index is 171. The first kappa shape index (κ1) is 10.7. The van der Waals surface area contributed by atoms with Gasteiger partial charge in [0.2, 0.25) is 5.96 Å². The van der Waals surface area contributed by atoms with Gasteiger partial charge < -0.3 is 21.9 Å². The molecule has 0 aromatic carbocycles. The highest BCUT2D eigenvalue weighted by Crippen LogP contribution is 1.92. The molecule has 0 aliphatic heterocycles. The molecule has 0 spiro atoms. The lowest BCUT2D eigenvalue weighted by Gasteiger charge is -2.05. The number of rotatable bonds is 5. The zero-order valence-corrected chi connectivity index (χ0v) is 6.66. The average Bonchev–Trinajstić information content (AvgIpc) is 1.97. The maximum Gasteiger partial charge on any atom is 0.320 e. The average molecular weight is 173 g/mol. The SMILES string of the molecule is [N]=C(N)NCCCC(N)C(=O)O. The first-order chi connectivity index (χ1) is 5.54. The van der Waals surface area contributed by atoms with Crippen LogP contribution in [0.2, 0.25) is 0 Å². The van der Waals surface area contributed by atoms with Gasteiger partial charge in [-0.1, -0.05) is 0 Å². The summed E-state index contributed by atoms with van der Waals surface area (Å²) in [7, 11) is 0. The summed E-state index contributed by atoms with van der Waals surface area (Å²) in [5.74, 6) is -1.38. The van der Waals surface area contributed by atoms with Gasteiger partial charge in [0.25, 0.3) is 0 Å². The highest BCUT2D eigenvalue weighted by atomic mass is 16.4. The molecule has 0 heterocycles. The number of hydrogen-bond donors (Lipinski definition) is 4. The summed E-state index contributed by atoms with van der Waals surface area (Å²) >= 11 is 0. The first-order valence-corrected chi connectivity index (χ1v) is 3.57. The molecule has 0 bridgehead atoms. The lowest BCUT2D eigenvalue weighted by molar-refractivity contribution is -0.138. The molecule has 1 radical (unpaired) electrons. The van der Waals surface area contributed by atoms with Gasteiger partial charge >= 0.3 is 5.97 Å². The molecule has 0 aromatic rings. The van der Waals surface area contributed by atoms with Crippen molar-refractivity contribution in [2.24, 2.45) is 11.5 Å². The molecule has 0 fully saturated rings. The summed E-state index contributed by atoms with van der Waals surface area (Å²) in [6.07, 6.45) is 0.907. The van der Waals surface area contributed by atoms with Gasteiger partial charge in [0, 0.05) is 6.54 Å². The predicted octanol–water partition coefficient (Wildman–Crippen LogP) is -2.12. The third kappa shape index (κ3) is 5.48. The van der Waals surface area contributed by atoms with Crippen LogP contribution in [0.1, 0.15) is 12.8 Å². The molecule has 0 aromatic heterocycles. The number of aliphatic carboxylic acids is 1. The fourth-order valence-electron chi connectivity index (χ4n) is 0.662. The van der Waals surface area contributed by atoms with Crippen molar-refractivity contribution < 1.29 is 9.90 Å². The summed E-state index contributed by atoms with van der Waals surface area (Å²) in [5, 5.41) is 19.3. The maximum atomic E-state index is 10.2. The third-order valence-corrected chi connectivity index (χ3v) is 1.32. The number of carbonyl (C=O) groups is 1. The Morgan fingerprint density at radius 1 is 1.67 bits per heavy atom. The van der Waals surface area contributed by atoms with E-state index in [4.69, 9.17) is 22.0 Å². The highest BCUT2D eigenvalue weighted by molar-refractivity contribution is 5.75. The minimum Gasteiger partial charge on any atom is -0.480 e. The number of guanidine groups is 1. The van der Waals surface area contributed by atoms with Gasteiger partial charge in [0.15, 0.2) is 0 Å². The molecule has 0 aliphatic carbocycles. The van der Waals surface area contributed by atoms with Crippen LogP contribution in [0, 0.1) is 0 Å². The summed E-state index contributed by atoms with van der Waals surface area (Å²) < 4.78 is 0. The van der Waals surface area contributed by atoms with Crippen LogP contribution in [-0.2, 0) is 4.79 Å². The van der Waals surface area contributed by atoms with E-state index in [1.54, 1.807) is 0 Å². The monoisotopic (exact) mass is 173 g/mol. The normalized spacial score (nSPS) is 12.1. The molecule has 0 amide bonds. The van der Waals surface area contributed by atoms with Crippen LogP contribution in [0.4, 0.5) is 0 Å². The second-order valence-electron chi connectivity index (χ2n) is 2.40. The van der Waals surface area contributed by atoms with E-state index in [2.05, 4.69) is 5.32 Å². The highest BCUT2D eigenvalue weighted by Gasteiger charge is 2.09. The molecule has 6 heteroatoms. The van der Waals surface area contributed by atoms with Crippen LogP contribution in [0.5, 0.6) is 0 Å². The van der Waals surface area contributed by atoms with Crippen molar-refractivity contribution in [3.05, 3.63) is 0 Å². The molecule has 6 N–H and O–H groups in total. The summed E-state index contributed by atoms with van der Waals surface area (Å²) in [6.45, 7) is 0.420. The van der Waals surface area contributed by atoms with E-state index in [0.717, 1.165) is 0 Å². The Morgan fingerprint density at radius 2 is 2.25 bits per heavy atom. The van der Waals surface area contributed by atoms with Gasteiger partial charge in [-0.2, -0.15) is 0 Å². The minimum atomic E-state index is -1.02. The van der Waals surface area contributed by atoms with E-state index < -0.39 is 12.0 Å². The van der Waals surface area contributed by atoms with Crippen molar-refractivity contribution in [2.45, 2.75) is 18.9 Å². The van der Waals surface area contributed by atoms with Gasteiger partial charge in [0.1, 0.15) is 6.04 Å². The zero-order chi connectivity index (χ0) is 9.56. The van der Waals surface area contributed by atoms with Crippen LogP contribution in [-0.4, -0.2) is 29.6 Å². The minimum absolute atomic E-state index is 0.357. The third-order valence-electron chi connectivity index (χ3n) is 1.32. The van der Waals surface area contributed by atoms with Crippen molar-refractivity contribution in [3.63, 3.8) is 0 Å². The molecule has 69 valence electrons. The molecule has 0 saturated carbocycles. The summed E-state index contributed by atoms with van der Waals surface area (Å²) in [6, 6.07) is -0.841. The van der Waals surface area contributed by atoms with Crippen LogP contribution >= 0.6 is 0 Å². The fourth-order valence-corrected chi connectivity index (χ4v) is 0.662. The fraction of sp³-hybridized carbons (Fsp3) is 0.667. The van der Waals surface area contributed by atoms with Crippen molar-refractivity contribution in [1.82, 2.24) is 10.7 Å². The van der Waals surface area contributed by atoms with Crippen molar-refractivity contribution in [2.75, 3.05) is 6.54 Å². The molecule has 0 rings (SSSR count). The Hall–Kier alpha value is -1.30. The van der Waals surface area contributed by atoms with E-state index in [-0.39, 0.29) is 5.96 Å². The molecular weight excluding hydrogens is 160 g/mol. The molecule has 12 heavy (non-hydrogen) atoms. The Labute approximate surface area is 70.4 Å². The van der Waals surface area contributed by atoms with Gasteiger partial charge in [-0.05, 0) is 12.8 Å². The Kier molecular flexibility index (Phi) is 4.78. The van der Waals surface area contributed by atoms with Crippen molar-refractivity contribution in [1.29, 1.82) is 0 Å². The van der Waals surface area contributed by atoms with Crippen LogP contribution in [0.15, 0.2) is 0 Å². The Morgan fingerprint density at radius 3 is 2.67 bits per heavy atom. The molecule has 1 unspecified atom stereocenters. The molecule has 6 nitrogen and oxygen atoms in total.